The maximum absolute atomic E-state index is 6.10. The van der Waals surface area contributed by atoms with Crippen molar-refractivity contribution in [3.05, 3.63) is 35.9 Å². The lowest BCUT2D eigenvalue weighted by Gasteiger charge is -2.65. The highest BCUT2D eigenvalue weighted by atomic mass is 32.1. The van der Waals surface area contributed by atoms with Gasteiger partial charge in [0.2, 0.25) is 0 Å². The fourth-order valence-corrected chi connectivity index (χ4v) is 8.41. The summed E-state index contributed by atoms with van der Waals surface area (Å²) in [7, 11) is 0. The first-order chi connectivity index (χ1) is 13.5. The Kier molecular flexibility index (Phi) is 4.83. The predicted molar refractivity (Wildman–Crippen MR) is 120 cm³/mol. The van der Waals surface area contributed by atoms with Gasteiger partial charge in [0.25, 0.3) is 0 Å². The van der Waals surface area contributed by atoms with Crippen LogP contribution in [0.1, 0.15) is 76.7 Å². The van der Waals surface area contributed by atoms with Crippen molar-refractivity contribution in [2.24, 2.45) is 28.9 Å². The average Bonchev–Trinajstić information content (AvgIpc) is 2.70. The molecule has 0 heterocycles. The lowest BCUT2D eigenvalue weighted by molar-refractivity contribution is -0.0939. The van der Waals surface area contributed by atoms with E-state index in [4.69, 9.17) is 18.0 Å². The topological polar surface area (TPSA) is 38.0 Å². The largest absolute Gasteiger partial charge is 0.377 e. The van der Waals surface area contributed by atoms with Crippen molar-refractivity contribution >= 4 is 17.2 Å². The van der Waals surface area contributed by atoms with Crippen molar-refractivity contribution in [3.63, 3.8) is 0 Å². The van der Waals surface area contributed by atoms with E-state index in [1.54, 1.807) is 5.56 Å². The second-order valence-corrected chi connectivity index (χ2v) is 11.1. The van der Waals surface area contributed by atoms with Gasteiger partial charge in [-0.3, -0.25) is 0 Å². The lowest BCUT2D eigenvalue weighted by Crippen LogP contribution is -2.60. The van der Waals surface area contributed by atoms with E-state index in [9.17, 15) is 0 Å². The summed E-state index contributed by atoms with van der Waals surface area (Å²) in [6.45, 7) is 2.43. The van der Waals surface area contributed by atoms with Crippen LogP contribution in [0.25, 0.3) is 0 Å². The molecule has 0 saturated heterocycles. The number of nitrogens with two attached hydrogens (primary N) is 1. The Hall–Kier alpha value is -0.930. The van der Waals surface area contributed by atoms with Gasteiger partial charge in [-0.1, -0.05) is 55.9 Å². The second-order valence-electron chi connectivity index (χ2n) is 10.7. The van der Waals surface area contributed by atoms with E-state index < -0.39 is 0 Å². The number of benzene rings is 1. The van der Waals surface area contributed by atoms with Crippen molar-refractivity contribution in [2.75, 3.05) is 0 Å². The Morgan fingerprint density at radius 1 is 1.04 bits per heavy atom. The van der Waals surface area contributed by atoms with Crippen molar-refractivity contribution in [2.45, 2.75) is 88.6 Å². The van der Waals surface area contributed by atoms with Gasteiger partial charge in [0.15, 0.2) is 0 Å². The highest BCUT2D eigenvalue weighted by Crippen LogP contribution is 2.68. The average molecular weight is 397 g/mol. The minimum Gasteiger partial charge on any atom is -0.377 e. The van der Waals surface area contributed by atoms with Gasteiger partial charge in [-0.05, 0) is 86.0 Å². The Morgan fingerprint density at radius 2 is 1.68 bits per heavy atom. The van der Waals surface area contributed by atoms with Crippen LogP contribution in [0.15, 0.2) is 30.3 Å². The second kappa shape index (κ2) is 7.09. The summed E-state index contributed by atoms with van der Waals surface area (Å²) in [5.74, 6) is 2.15. The Morgan fingerprint density at radius 3 is 2.29 bits per heavy atom. The molecular weight excluding hydrogens is 360 g/mol. The summed E-state index contributed by atoms with van der Waals surface area (Å²) in [5, 5.41) is 3.83. The van der Waals surface area contributed by atoms with Crippen LogP contribution in [0.5, 0.6) is 0 Å². The highest BCUT2D eigenvalue weighted by molar-refractivity contribution is 7.80. The van der Waals surface area contributed by atoms with E-state index in [0.717, 1.165) is 24.7 Å². The molecule has 152 valence electrons. The van der Waals surface area contributed by atoms with Crippen LogP contribution in [0.2, 0.25) is 0 Å². The molecule has 5 aliphatic rings. The Balaban J connectivity index is 1.37. The molecule has 1 aromatic rings. The number of nitrogens with one attached hydrogen (secondary N) is 1. The highest BCUT2D eigenvalue weighted by Gasteiger charge is 2.61. The first-order valence-electron chi connectivity index (χ1n) is 11.6. The molecule has 2 nitrogen and oxygen atoms in total. The van der Waals surface area contributed by atoms with Crippen LogP contribution in [-0.4, -0.2) is 17.1 Å². The third-order valence-electron chi connectivity index (χ3n) is 8.98. The molecule has 5 fully saturated rings. The van der Waals surface area contributed by atoms with E-state index in [1.165, 1.54) is 56.4 Å². The fourth-order valence-electron chi connectivity index (χ4n) is 7.86. The molecular formula is C25H36N2S. The van der Waals surface area contributed by atoms with Gasteiger partial charge in [-0.2, -0.15) is 0 Å². The molecule has 28 heavy (non-hydrogen) atoms. The fraction of sp³-hybridized carbons (Fsp3) is 0.720. The first kappa shape index (κ1) is 19.1. The minimum atomic E-state index is 0.405. The SMILES string of the molecule is CCC12CC3CC(c4ccccc4)(CC(C1)C3C(=S)NC1CCC(N)CC1)C2. The summed E-state index contributed by atoms with van der Waals surface area (Å²) in [6, 6.07) is 12.4. The standard InChI is InChI=1S/C25H36N2S/c1-2-24-12-17-14-25(16-24,19-6-4-3-5-7-19)15-18(13-24)22(17)23(28)27-21-10-8-20(26)9-11-21/h3-7,17-18,20-22H,2,8-16,26H2,1H3,(H,27,28). The number of rotatable bonds is 4. The molecule has 4 bridgehead atoms. The van der Waals surface area contributed by atoms with Crippen LogP contribution >= 0.6 is 12.2 Å². The van der Waals surface area contributed by atoms with Crippen LogP contribution in [-0.2, 0) is 5.41 Å². The predicted octanol–water partition coefficient (Wildman–Crippen LogP) is 5.35. The molecule has 1 aromatic carbocycles. The quantitative estimate of drug-likeness (QED) is 0.674. The summed E-state index contributed by atoms with van der Waals surface area (Å²) in [5.41, 5.74) is 8.67. The summed E-state index contributed by atoms with van der Waals surface area (Å²) in [6.07, 6.45) is 12.9. The maximum atomic E-state index is 6.10. The zero-order chi connectivity index (χ0) is 19.4. The molecule has 5 aliphatic carbocycles. The third-order valence-corrected chi connectivity index (χ3v) is 9.37. The minimum absolute atomic E-state index is 0.405. The number of hydrogen-bond acceptors (Lipinski definition) is 2. The van der Waals surface area contributed by atoms with E-state index in [2.05, 4.69) is 42.6 Å². The van der Waals surface area contributed by atoms with Crippen molar-refractivity contribution in [1.29, 1.82) is 0 Å². The zero-order valence-corrected chi connectivity index (χ0v) is 18.1. The van der Waals surface area contributed by atoms with Crippen LogP contribution in [0.4, 0.5) is 0 Å². The Labute approximate surface area is 176 Å². The van der Waals surface area contributed by atoms with Crippen LogP contribution in [0.3, 0.4) is 0 Å². The van der Waals surface area contributed by atoms with Crippen molar-refractivity contribution < 1.29 is 0 Å². The zero-order valence-electron chi connectivity index (χ0n) is 17.3. The monoisotopic (exact) mass is 396 g/mol. The molecule has 6 rings (SSSR count). The van der Waals surface area contributed by atoms with Crippen LogP contribution in [0, 0.1) is 23.2 Å². The van der Waals surface area contributed by atoms with Gasteiger partial charge >= 0.3 is 0 Å². The molecule has 0 aliphatic heterocycles. The van der Waals surface area contributed by atoms with Gasteiger partial charge in [0.05, 0.1) is 4.99 Å². The molecule has 3 heteroatoms. The van der Waals surface area contributed by atoms with Gasteiger partial charge in [-0.25, -0.2) is 0 Å². The third kappa shape index (κ3) is 3.13. The van der Waals surface area contributed by atoms with Gasteiger partial charge in [0, 0.05) is 18.0 Å². The number of hydrogen-bond donors (Lipinski definition) is 2. The Bertz CT molecular complexity index is 705. The van der Waals surface area contributed by atoms with Crippen LogP contribution < -0.4 is 11.1 Å². The smallest absolute Gasteiger partial charge is 0.0792 e. The summed E-state index contributed by atoms with van der Waals surface area (Å²) >= 11 is 6.08. The van der Waals surface area contributed by atoms with E-state index in [-0.39, 0.29) is 0 Å². The molecule has 2 atom stereocenters. The molecule has 0 spiro atoms. The van der Waals surface area contributed by atoms with E-state index >= 15 is 0 Å². The molecule has 0 aromatic heterocycles. The molecule has 3 N–H and O–H groups in total. The van der Waals surface area contributed by atoms with Crippen molar-refractivity contribution in [3.8, 4) is 0 Å². The van der Waals surface area contributed by atoms with E-state index in [0.29, 0.717) is 28.8 Å². The van der Waals surface area contributed by atoms with Gasteiger partial charge in [0.1, 0.15) is 0 Å². The normalized spacial score (nSPS) is 44.4. The van der Waals surface area contributed by atoms with Crippen molar-refractivity contribution in [1.82, 2.24) is 5.32 Å². The summed E-state index contributed by atoms with van der Waals surface area (Å²) < 4.78 is 0. The summed E-state index contributed by atoms with van der Waals surface area (Å²) in [4.78, 5) is 1.20. The lowest BCUT2D eigenvalue weighted by atomic mass is 9.40. The van der Waals surface area contributed by atoms with Gasteiger partial charge in [-0.15, -0.1) is 0 Å². The molecule has 0 amide bonds. The first-order valence-corrected chi connectivity index (χ1v) is 12.0. The molecule has 0 radical (unpaired) electrons. The maximum Gasteiger partial charge on any atom is 0.0792 e. The van der Waals surface area contributed by atoms with Gasteiger partial charge < -0.3 is 11.1 Å². The molecule has 2 unspecified atom stereocenters. The molecule has 5 saturated carbocycles. The van der Waals surface area contributed by atoms with E-state index in [1.807, 2.05) is 0 Å². The number of thiocarbonyl (C=S) groups is 1.